The molecule has 92 valence electrons. The third-order valence-corrected chi connectivity index (χ3v) is 1.83. The van der Waals surface area contributed by atoms with Crippen molar-refractivity contribution in [3.05, 3.63) is 24.3 Å². The van der Waals surface area contributed by atoms with Crippen LogP contribution in [-0.2, 0) is 4.57 Å². The SMILES string of the molecule is C=CC(C)(O)CCC=C(C)C.OBOBO. The first-order valence-electron chi connectivity index (χ1n) is 5.18. The second kappa shape index (κ2) is 11.0. The van der Waals surface area contributed by atoms with Gasteiger partial charge in [0.2, 0.25) is 0 Å². The van der Waals surface area contributed by atoms with Crippen molar-refractivity contribution < 1.29 is 19.7 Å². The second-order valence-corrected chi connectivity index (χ2v) is 3.84. The molecule has 0 spiro atoms. The quantitative estimate of drug-likeness (QED) is 0.448. The van der Waals surface area contributed by atoms with Crippen molar-refractivity contribution in [1.29, 1.82) is 0 Å². The first kappa shape index (κ1) is 17.8. The lowest BCUT2D eigenvalue weighted by molar-refractivity contribution is 0.103. The van der Waals surface area contributed by atoms with Gasteiger partial charge in [-0.15, -0.1) is 6.58 Å². The van der Waals surface area contributed by atoms with Gasteiger partial charge in [-0.25, -0.2) is 0 Å². The lowest BCUT2D eigenvalue weighted by Crippen LogP contribution is -2.19. The molecule has 0 aromatic heterocycles. The van der Waals surface area contributed by atoms with Gasteiger partial charge >= 0.3 is 15.4 Å². The minimum Gasteiger partial charge on any atom is -0.457 e. The smallest absolute Gasteiger partial charge is 0.421 e. The van der Waals surface area contributed by atoms with E-state index in [4.69, 9.17) is 10.0 Å². The van der Waals surface area contributed by atoms with Gasteiger partial charge in [-0.05, 0) is 33.6 Å². The average molecular weight is 228 g/mol. The van der Waals surface area contributed by atoms with Crippen molar-refractivity contribution >= 4 is 15.4 Å². The minimum absolute atomic E-state index is 0.406. The fourth-order valence-corrected chi connectivity index (χ4v) is 0.796. The van der Waals surface area contributed by atoms with Crippen LogP contribution in [0.5, 0.6) is 0 Å². The van der Waals surface area contributed by atoms with Crippen LogP contribution in [0.1, 0.15) is 33.6 Å². The zero-order valence-corrected chi connectivity index (χ0v) is 10.4. The first-order chi connectivity index (χ1) is 7.39. The first-order valence-corrected chi connectivity index (χ1v) is 5.18. The number of hydrogen-bond donors (Lipinski definition) is 3. The molecule has 4 nitrogen and oxygen atoms in total. The molecule has 0 saturated carbocycles. The molecule has 1 unspecified atom stereocenters. The van der Waals surface area contributed by atoms with Gasteiger partial charge < -0.3 is 19.7 Å². The van der Waals surface area contributed by atoms with E-state index in [2.05, 4.69) is 31.1 Å². The van der Waals surface area contributed by atoms with Gasteiger partial charge in [0, 0.05) is 0 Å². The molecule has 0 aromatic carbocycles. The Balaban J connectivity index is 0. The van der Waals surface area contributed by atoms with E-state index in [0.29, 0.717) is 0 Å². The van der Waals surface area contributed by atoms with Crippen LogP contribution in [0.4, 0.5) is 0 Å². The van der Waals surface area contributed by atoms with Crippen molar-refractivity contribution in [2.24, 2.45) is 0 Å². The van der Waals surface area contributed by atoms with Gasteiger partial charge in [0.15, 0.2) is 0 Å². The summed E-state index contributed by atoms with van der Waals surface area (Å²) in [7, 11) is -0.812. The highest BCUT2D eigenvalue weighted by atomic mass is 16.5. The summed E-state index contributed by atoms with van der Waals surface area (Å²) in [6.45, 7) is 9.45. The molecule has 0 fully saturated rings. The molecule has 0 aromatic rings. The molecule has 0 bridgehead atoms. The molecular weight excluding hydrogens is 206 g/mol. The van der Waals surface area contributed by atoms with Crippen LogP contribution < -0.4 is 0 Å². The Morgan fingerprint density at radius 2 is 1.88 bits per heavy atom. The molecule has 6 heteroatoms. The monoisotopic (exact) mass is 228 g/mol. The summed E-state index contributed by atoms with van der Waals surface area (Å²) in [5.41, 5.74) is 0.594. The summed E-state index contributed by atoms with van der Waals surface area (Å²) in [5, 5.41) is 24.9. The van der Waals surface area contributed by atoms with Crippen LogP contribution in [0.2, 0.25) is 0 Å². The lowest BCUT2D eigenvalue weighted by atomic mass is 10.00. The minimum atomic E-state index is -0.702. The highest BCUT2D eigenvalue weighted by molar-refractivity contribution is 6.32. The van der Waals surface area contributed by atoms with E-state index < -0.39 is 21.0 Å². The van der Waals surface area contributed by atoms with Gasteiger partial charge in [0.1, 0.15) is 0 Å². The summed E-state index contributed by atoms with van der Waals surface area (Å²) < 4.78 is 3.94. The third kappa shape index (κ3) is 15.9. The molecule has 16 heavy (non-hydrogen) atoms. The number of allylic oxidation sites excluding steroid dienone is 2. The van der Waals surface area contributed by atoms with Crippen molar-refractivity contribution in [3.8, 4) is 0 Å². The second-order valence-electron chi connectivity index (χ2n) is 3.84. The molecule has 0 rings (SSSR count). The van der Waals surface area contributed by atoms with Gasteiger partial charge in [-0.1, -0.05) is 17.7 Å². The predicted molar refractivity (Wildman–Crippen MR) is 69.3 cm³/mol. The van der Waals surface area contributed by atoms with Crippen LogP contribution in [0.15, 0.2) is 24.3 Å². The molecular formula is C10H22B2O4. The van der Waals surface area contributed by atoms with Crippen LogP contribution in [-0.4, -0.2) is 36.1 Å². The standard InChI is InChI=1S/C10H18O.B2H4O3/c1-5-10(4,11)8-6-7-9(2)3;3-1-5-2-4/h5,7,11H,1,6,8H2,2-4H3;1-4H. The maximum absolute atomic E-state index is 9.49. The van der Waals surface area contributed by atoms with E-state index in [1.807, 2.05) is 0 Å². The van der Waals surface area contributed by atoms with E-state index in [0.717, 1.165) is 12.8 Å². The third-order valence-electron chi connectivity index (χ3n) is 1.83. The molecule has 0 saturated heterocycles. The maximum Gasteiger partial charge on any atom is 0.421 e. The fourth-order valence-electron chi connectivity index (χ4n) is 0.796. The van der Waals surface area contributed by atoms with Gasteiger partial charge in [0.05, 0.1) is 5.60 Å². The van der Waals surface area contributed by atoms with Crippen molar-refractivity contribution in [2.75, 3.05) is 0 Å². The van der Waals surface area contributed by atoms with Crippen molar-refractivity contribution in [3.63, 3.8) is 0 Å². The lowest BCUT2D eigenvalue weighted by Gasteiger charge is -2.16. The van der Waals surface area contributed by atoms with Crippen LogP contribution in [0.3, 0.4) is 0 Å². The average Bonchev–Trinajstić information content (AvgIpc) is 2.19. The largest absolute Gasteiger partial charge is 0.457 e. The predicted octanol–water partition coefficient (Wildman–Crippen LogP) is 0.190. The van der Waals surface area contributed by atoms with Crippen LogP contribution >= 0.6 is 0 Å². The van der Waals surface area contributed by atoms with E-state index in [1.54, 1.807) is 13.0 Å². The van der Waals surface area contributed by atoms with Gasteiger partial charge in [-0.2, -0.15) is 0 Å². The van der Waals surface area contributed by atoms with Crippen LogP contribution in [0.25, 0.3) is 0 Å². The Labute approximate surface area is 99.3 Å². The number of aliphatic hydroxyl groups is 1. The fraction of sp³-hybridized carbons (Fsp3) is 0.600. The molecule has 1 atom stereocenters. The Hall–Kier alpha value is -0.550. The topological polar surface area (TPSA) is 69.9 Å². The highest BCUT2D eigenvalue weighted by Crippen LogP contribution is 2.13. The summed E-state index contributed by atoms with van der Waals surface area (Å²) in [6.07, 6.45) is 5.38. The summed E-state index contributed by atoms with van der Waals surface area (Å²) >= 11 is 0. The maximum atomic E-state index is 9.49. The zero-order chi connectivity index (χ0) is 13.0. The Bertz CT molecular complexity index is 199. The summed E-state index contributed by atoms with van der Waals surface area (Å²) in [4.78, 5) is 0. The molecule has 0 radical (unpaired) electrons. The van der Waals surface area contributed by atoms with E-state index in [9.17, 15) is 5.11 Å². The number of hydrogen-bond acceptors (Lipinski definition) is 4. The molecule has 3 N–H and O–H groups in total. The molecule has 0 aliphatic carbocycles. The molecule has 0 aliphatic heterocycles. The molecule has 0 aliphatic rings. The summed E-state index contributed by atoms with van der Waals surface area (Å²) in [5.74, 6) is 0. The van der Waals surface area contributed by atoms with E-state index >= 15 is 0 Å². The number of rotatable bonds is 6. The van der Waals surface area contributed by atoms with Crippen LogP contribution in [0, 0.1) is 0 Å². The van der Waals surface area contributed by atoms with E-state index in [-0.39, 0.29) is 0 Å². The zero-order valence-electron chi connectivity index (χ0n) is 10.4. The Kier molecular flexibility index (Phi) is 12.2. The normalized spacial score (nSPS) is 12.6. The Morgan fingerprint density at radius 1 is 1.38 bits per heavy atom. The summed E-state index contributed by atoms with van der Waals surface area (Å²) in [6, 6.07) is 0. The highest BCUT2D eigenvalue weighted by Gasteiger charge is 2.12. The molecule has 0 heterocycles. The molecule has 0 amide bonds. The van der Waals surface area contributed by atoms with Gasteiger partial charge in [0.25, 0.3) is 0 Å². The van der Waals surface area contributed by atoms with E-state index in [1.165, 1.54) is 5.57 Å². The van der Waals surface area contributed by atoms with Gasteiger partial charge in [-0.3, -0.25) is 0 Å². The van der Waals surface area contributed by atoms with Crippen molar-refractivity contribution in [1.82, 2.24) is 0 Å². The van der Waals surface area contributed by atoms with Crippen molar-refractivity contribution in [2.45, 2.75) is 39.2 Å². The Morgan fingerprint density at radius 3 is 2.12 bits per heavy atom.